The van der Waals surface area contributed by atoms with Gasteiger partial charge in [0.15, 0.2) is 0 Å². The Balaban J connectivity index is 2.18. The van der Waals surface area contributed by atoms with E-state index in [-0.39, 0.29) is 5.54 Å². The van der Waals surface area contributed by atoms with Gasteiger partial charge in [0.05, 0.1) is 11.7 Å². The van der Waals surface area contributed by atoms with Crippen molar-refractivity contribution in [2.45, 2.75) is 45.6 Å². The second-order valence-electron chi connectivity index (χ2n) is 5.97. The van der Waals surface area contributed by atoms with Crippen LogP contribution in [0, 0.1) is 5.92 Å². The van der Waals surface area contributed by atoms with Crippen molar-refractivity contribution in [2.24, 2.45) is 5.92 Å². The first-order valence-corrected chi connectivity index (χ1v) is 6.24. The van der Waals surface area contributed by atoms with Crippen molar-refractivity contribution in [3.63, 3.8) is 0 Å². The first kappa shape index (κ1) is 11.6. The van der Waals surface area contributed by atoms with Gasteiger partial charge in [-0.1, -0.05) is 6.92 Å². The minimum absolute atomic E-state index is 0.0869. The van der Waals surface area contributed by atoms with Gasteiger partial charge in [0.2, 0.25) is 0 Å². The van der Waals surface area contributed by atoms with Crippen LogP contribution in [0.2, 0.25) is 0 Å². The van der Waals surface area contributed by atoms with Crippen LogP contribution in [0.15, 0.2) is 12.4 Å². The number of hydrogen-bond donors (Lipinski definition) is 1. The van der Waals surface area contributed by atoms with Crippen molar-refractivity contribution in [3.8, 4) is 0 Å². The van der Waals surface area contributed by atoms with Gasteiger partial charge in [-0.25, -0.2) is 0 Å². The molecule has 1 fully saturated rings. The molecule has 1 aliphatic heterocycles. The molecule has 3 nitrogen and oxygen atoms in total. The van der Waals surface area contributed by atoms with E-state index in [4.69, 9.17) is 0 Å². The molecule has 0 bridgehead atoms. The predicted molar refractivity (Wildman–Crippen MR) is 66.6 cm³/mol. The first-order valence-electron chi connectivity index (χ1n) is 6.24. The Labute approximate surface area is 98.2 Å². The van der Waals surface area contributed by atoms with E-state index in [0.29, 0.717) is 5.92 Å². The zero-order chi connectivity index (χ0) is 11.8. The van der Waals surface area contributed by atoms with Crippen molar-refractivity contribution in [1.29, 1.82) is 0 Å². The van der Waals surface area contributed by atoms with E-state index in [2.05, 4.69) is 49.0 Å². The van der Waals surface area contributed by atoms with Gasteiger partial charge in [0.1, 0.15) is 0 Å². The fraction of sp³-hybridized carbons (Fsp3) is 0.769. The lowest BCUT2D eigenvalue weighted by Crippen LogP contribution is -2.33. The highest BCUT2D eigenvalue weighted by Gasteiger charge is 2.25. The Morgan fingerprint density at radius 3 is 2.75 bits per heavy atom. The Morgan fingerprint density at radius 2 is 2.19 bits per heavy atom. The van der Waals surface area contributed by atoms with Gasteiger partial charge in [0, 0.05) is 18.7 Å². The molecule has 0 radical (unpaired) electrons. The van der Waals surface area contributed by atoms with Crippen LogP contribution in [0.4, 0.5) is 0 Å². The van der Waals surface area contributed by atoms with Crippen molar-refractivity contribution >= 4 is 0 Å². The summed E-state index contributed by atoms with van der Waals surface area (Å²) >= 11 is 0. The molecule has 1 saturated heterocycles. The molecule has 0 amide bonds. The average molecular weight is 221 g/mol. The van der Waals surface area contributed by atoms with Gasteiger partial charge in [-0.15, -0.1) is 0 Å². The fourth-order valence-corrected chi connectivity index (χ4v) is 2.33. The second kappa shape index (κ2) is 4.21. The lowest BCUT2D eigenvalue weighted by atomic mass is 9.84. The summed E-state index contributed by atoms with van der Waals surface area (Å²) in [6.45, 7) is 11.2. The summed E-state index contributed by atoms with van der Waals surface area (Å²) in [4.78, 5) is 0. The van der Waals surface area contributed by atoms with E-state index in [1.807, 2.05) is 6.20 Å². The van der Waals surface area contributed by atoms with E-state index in [0.717, 1.165) is 19.0 Å². The monoisotopic (exact) mass is 221 g/mol. The van der Waals surface area contributed by atoms with Gasteiger partial charge in [-0.2, -0.15) is 5.10 Å². The minimum atomic E-state index is 0.0869. The first-order chi connectivity index (χ1) is 7.48. The number of nitrogens with zero attached hydrogens (tertiary/aromatic N) is 2. The maximum Gasteiger partial charge on any atom is 0.0543 e. The van der Waals surface area contributed by atoms with Crippen LogP contribution in [-0.4, -0.2) is 22.9 Å². The molecular formula is C13H23N3. The lowest BCUT2D eigenvalue weighted by molar-refractivity contribution is 0.341. The van der Waals surface area contributed by atoms with Crippen LogP contribution in [0.1, 0.15) is 45.6 Å². The second-order valence-corrected chi connectivity index (χ2v) is 5.97. The summed E-state index contributed by atoms with van der Waals surface area (Å²) in [5.41, 5.74) is 1.47. The van der Waals surface area contributed by atoms with E-state index < -0.39 is 0 Å². The summed E-state index contributed by atoms with van der Waals surface area (Å²) in [5, 5.41) is 7.96. The van der Waals surface area contributed by atoms with Crippen LogP contribution in [0.25, 0.3) is 0 Å². The molecule has 0 aromatic carbocycles. The molecule has 2 atom stereocenters. The van der Waals surface area contributed by atoms with Crippen LogP contribution >= 0.6 is 0 Å². The lowest BCUT2D eigenvalue weighted by Gasteiger charge is -2.28. The van der Waals surface area contributed by atoms with Gasteiger partial charge < -0.3 is 5.32 Å². The van der Waals surface area contributed by atoms with E-state index >= 15 is 0 Å². The third kappa shape index (κ3) is 2.29. The molecular weight excluding hydrogens is 198 g/mol. The molecule has 1 N–H and O–H groups in total. The quantitative estimate of drug-likeness (QED) is 0.789. The Hall–Kier alpha value is -0.830. The normalized spacial score (nSPS) is 27.0. The molecule has 0 spiro atoms. The average Bonchev–Trinajstić information content (AvgIpc) is 2.66. The molecule has 1 aromatic rings. The highest BCUT2D eigenvalue weighted by atomic mass is 15.3. The van der Waals surface area contributed by atoms with Crippen LogP contribution in [-0.2, 0) is 5.54 Å². The predicted octanol–water partition coefficient (Wildman–Crippen LogP) is 2.35. The van der Waals surface area contributed by atoms with Crippen molar-refractivity contribution < 1.29 is 0 Å². The van der Waals surface area contributed by atoms with Gasteiger partial charge in [0.25, 0.3) is 0 Å². The number of nitrogens with one attached hydrogen (secondary N) is 1. The third-order valence-corrected chi connectivity index (χ3v) is 3.55. The topological polar surface area (TPSA) is 29.9 Å². The van der Waals surface area contributed by atoms with Crippen LogP contribution in [0.5, 0.6) is 0 Å². The van der Waals surface area contributed by atoms with E-state index in [1.165, 1.54) is 12.0 Å². The minimum Gasteiger partial charge on any atom is -0.316 e. The number of aromatic nitrogens is 2. The van der Waals surface area contributed by atoms with E-state index in [9.17, 15) is 0 Å². The zero-order valence-corrected chi connectivity index (χ0v) is 10.8. The van der Waals surface area contributed by atoms with Gasteiger partial charge in [-0.05, 0) is 45.2 Å². The van der Waals surface area contributed by atoms with Crippen LogP contribution in [0.3, 0.4) is 0 Å². The molecule has 0 aliphatic carbocycles. The summed E-state index contributed by atoms with van der Waals surface area (Å²) in [7, 11) is 0. The van der Waals surface area contributed by atoms with Gasteiger partial charge >= 0.3 is 0 Å². The standard InChI is InChI=1S/C13H23N3/c1-10-5-6-14-8-12(10)11-7-15-16(9-11)13(2,3)4/h7,9-10,12,14H,5-6,8H2,1-4H3. The number of hydrogen-bond acceptors (Lipinski definition) is 2. The molecule has 16 heavy (non-hydrogen) atoms. The molecule has 2 unspecified atom stereocenters. The maximum absolute atomic E-state index is 4.49. The van der Waals surface area contributed by atoms with E-state index in [1.54, 1.807) is 0 Å². The van der Waals surface area contributed by atoms with Gasteiger partial charge in [-0.3, -0.25) is 4.68 Å². The fourth-order valence-electron chi connectivity index (χ4n) is 2.33. The number of rotatable bonds is 1. The third-order valence-electron chi connectivity index (χ3n) is 3.55. The maximum atomic E-state index is 4.49. The molecule has 1 aliphatic rings. The highest BCUT2D eigenvalue weighted by molar-refractivity contribution is 5.15. The molecule has 1 aromatic heterocycles. The zero-order valence-electron chi connectivity index (χ0n) is 10.8. The summed E-state index contributed by atoms with van der Waals surface area (Å²) in [6.07, 6.45) is 5.53. The SMILES string of the molecule is CC1CCNCC1c1cnn(C(C)(C)C)c1. The summed E-state index contributed by atoms with van der Waals surface area (Å²) in [6, 6.07) is 0. The summed E-state index contributed by atoms with van der Waals surface area (Å²) < 4.78 is 2.07. The largest absolute Gasteiger partial charge is 0.316 e. The molecule has 90 valence electrons. The van der Waals surface area contributed by atoms with Crippen LogP contribution < -0.4 is 5.32 Å². The van der Waals surface area contributed by atoms with Crippen molar-refractivity contribution in [2.75, 3.05) is 13.1 Å². The summed E-state index contributed by atoms with van der Waals surface area (Å²) in [5.74, 6) is 1.39. The molecule has 0 saturated carbocycles. The Morgan fingerprint density at radius 1 is 1.44 bits per heavy atom. The molecule has 2 heterocycles. The molecule has 2 rings (SSSR count). The Bertz CT molecular complexity index is 348. The smallest absolute Gasteiger partial charge is 0.0543 e. The molecule has 3 heteroatoms. The highest BCUT2D eigenvalue weighted by Crippen LogP contribution is 2.29. The Kier molecular flexibility index (Phi) is 3.06. The van der Waals surface area contributed by atoms with Crippen molar-refractivity contribution in [1.82, 2.24) is 15.1 Å². The number of piperidine rings is 1. The van der Waals surface area contributed by atoms with Crippen molar-refractivity contribution in [3.05, 3.63) is 18.0 Å².